The van der Waals surface area contributed by atoms with E-state index in [-0.39, 0.29) is 24.9 Å². The molecular weight excluding hydrogens is 488 g/mol. The van der Waals surface area contributed by atoms with Crippen molar-refractivity contribution in [2.45, 2.75) is 51.4 Å². The van der Waals surface area contributed by atoms with Crippen LogP contribution in [-0.4, -0.2) is 49.6 Å². The zero-order chi connectivity index (χ0) is 26.7. The van der Waals surface area contributed by atoms with Crippen LogP contribution in [0.5, 0.6) is 5.75 Å². The summed E-state index contributed by atoms with van der Waals surface area (Å²) in [6, 6.07) is 17.2. The van der Waals surface area contributed by atoms with Crippen LogP contribution in [0, 0.1) is 0 Å². The highest BCUT2D eigenvalue weighted by molar-refractivity contribution is 7.84. The predicted molar refractivity (Wildman–Crippen MR) is 145 cm³/mol. The molecule has 1 aliphatic heterocycles. The monoisotopic (exact) mass is 522 g/mol. The minimum Gasteiger partial charge on any atom is -0.497 e. The molecule has 0 saturated carbocycles. The second kappa shape index (κ2) is 11.1. The Hall–Kier alpha value is -3.07. The van der Waals surface area contributed by atoms with Crippen molar-refractivity contribution in [2.24, 2.45) is 0 Å². The van der Waals surface area contributed by atoms with Gasteiger partial charge in [0.2, 0.25) is 0 Å². The molecule has 0 radical (unpaired) electrons. The van der Waals surface area contributed by atoms with Crippen LogP contribution in [0.1, 0.15) is 61.8 Å². The molecule has 0 unspecified atom stereocenters. The number of esters is 1. The summed E-state index contributed by atoms with van der Waals surface area (Å²) in [5.74, 6) is 0.263. The third kappa shape index (κ3) is 5.61. The lowest BCUT2D eigenvalue weighted by atomic mass is 9.94. The molecule has 2 heterocycles. The first-order chi connectivity index (χ1) is 17.7. The average molecular weight is 523 g/mol. The fourth-order valence-electron chi connectivity index (χ4n) is 4.65. The number of carbonyl (C=O) groups is 1. The van der Waals surface area contributed by atoms with E-state index >= 15 is 0 Å². The van der Waals surface area contributed by atoms with Crippen molar-refractivity contribution in [1.82, 2.24) is 9.29 Å². The lowest BCUT2D eigenvalue weighted by Gasteiger charge is -2.30. The van der Waals surface area contributed by atoms with Gasteiger partial charge in [-0.25, -0.2) is 18.3 Å². The standard InChI is InChI=1S/C29H34N2O5S/c1-6-36-28(33)24-17-22-18-31(37(34)29(2,3)4)25(13-14-32)26(22)27(30-24)21-11-7-9-19(15-21)20-10-8-12-23(16-20)35-5/h7-12,15-17,25,32H,6,13-14,18H2,1-5H3/t25-,37-/m0/s1. The van der Waals surface area contributed by atoms with Crippen LogP contribution in [-0.2, 0) is 22.3 Å². The maximum Gasteiger partial charge on any atom is 0.356 e. The molecular formula is C29H34N2O5S. The highest BCUT2D eigenvalue weighted by Gasteiger charge is 2.40. The fourth-order valence-corrected chi connectivity index (χ4v) is 6.05. The average Bonchev–Trinajstić information content (AvgIpc) is 3.25. The zero-order valence-electron chi connectivity index (χ0n) is 22.0. The summed E-state index contributed by atoms with van der Waals surface area (Å²) in [6.07, 6.45) is 0.401. The Labute approximate surface area is 221 Å². The number of benzene rings is 2. The third-order valence-corrected chi connectivity index (χ3v) is 8.17. The van der Waals surface area contributed by atoms with Crippen LogP contribution in [0.2, 0.25) is 0 Å². The molecule has 0 spiro atoms. The molecule has 0 aliphatic carbocycles. The molecule has 4 rings (SSSR count). The van der Waals surface area contributed by atoms with Crippen LogP contribution in [0.15, 0.2) is 54.6 Å². The van der Waals surface area contributed by atoms with E-state index in [2.05, 4.69) is 0 Å². The van der Waals surface area contributed by atoms with Gasteiger partial charge in [-0.1, -0.05) is 30.3 Å². The van der Waals surface area contributed by atoms with E-state index in [0.717, 1.165) is 33.6 Å². The topological polar surface area (TPSA) is 89.0 Å². The Kier molecular flexibility index (Phi) is 8.11. The lowest BCUT2D eigenvalue weighted by molar-refractivity contribution is 0.0519. The first kappa shape index (κ1) is 27.0. The molecule has 196 valence electrons. The summed E-state index contributed by atoms with van der Waals surface area (Å²) in [6.45, 7) is 8.13. The molecule has 1 N–H and O–H groups in total. The number of hydrogen-bond acceptors (Lipinski definition) is 6. The van der Waals surface area contributed by atoms with E-state index in [1.54, 1.807) is 20.1 Å². The number of rotatable bonds is 8. The van der Waals surface area contributed by atoms with E-state index in [1.807, 2.05) is 73.6 Å². The summed E-state index contributed by atoms with van der Waals surface area (Å²) in [5.41, 5.74) is 5.40. The lowest BCUT2D eigenvalue weighted by Crippen LogP contribution is -2.36. The molecule has 3 aromatic rings. The maximum absolute atomic E-state index is 13.5. The number of pyridine rings is 1. The third-order valence-electron chi connectivity index (χ3n) is 6.31. The van der Waals surface area contributed by atoms with Crippen LogP contribution < -0.4 is 4.74 Å². The highest BCUT2D eigenvalue weighted by atomic mass is 32.2. The fraction of sp³-hybridized carbons (Fsp3) is 0.379. The van der Waals surface area contributed by atoms with Crippen LogP contribution in [0.3, 0.4) is 0 Å². The van der Waals surface area contributed by atoms with Gasteiger partial charge in [-0.3, -0.25) is 0 Å². The molecule has 0 saturated heterocycles. The summed E-state index contributed by atoms with van der Waals surface area (Å²) in [4.78, 5) is 17.5. The molecule has 0 fully saturated rings. The SMILES string of the molecule is CCOC(=O)c1cc2c(c(-c3cccc(-c4cccc(OC)c4)c3)n1)[C@H](CCO)N([S@@](=O)C(C)(C)C)C2. The zero-order valence-corrected chi connectivity index (χ0v) is 22.8. The molecule has 7 nitrogen and oxygen atoms in total. The molecule has 2 atom stereocenters. The van der Waals surface area contributed by atoms with Gasteiger partial charge in [0.1, 0.15) is 22.4 Å². The van der Waals surface area contributed by atoms with Gasteiger partial charge in [-0.15, -0.1) is 0 Å². The smallest absolute Gasteiger partial charge is 0.356 e. The number of hydrogen-bond donors (Lipinski definition) is 1. The first-order valence-electron chi connectivity index (χ1n) is 12.4. The maximum atomic E-state index is 13.5. The van der Waals surface area contributed by atoms with Crippen molar-refractivity contribution in [3.63, 3.8) is 0 Å². The molecule has 2 aromatic carbocycles. The molecule has 0 bridgehead atoms. The largest absolute Gasteiger partial charge is 0.497 e. The van der Waals surface area contributed by atoms with Gasteiger partial charge in [0.25, 0.3) is 0 Å². The van der Waals surface area contributed by atoms with Crippen molar-refractivity contribution >= 4 is 17.0 Å². The second-order valence-corrected chi connectivity index (χ2v) is 12.1. The highest BCUT2D eigenvalue weighted by Crippen LogP contribution is 2.44. The van der Waals surface area contributed by atoms with Crippen molar-refractivity contribution in [3.8, 4) is 28.1 Å². The summed E-state index contributed by atoms with van der Waals surface area (Å²) >= 11 is 0. The number of aromatic nitrogens is 1. The van der Waals surface area contributed by atoms with Gasteiger partial charge in [0.05, 0.1) is 30.2 Å². The number of aliphatic hydroxyl groups excluding tert-OH is 1. The Balaban J connectivity index is 1.89. The van der Waals surface area contributed by atoms with Gasteiger partial charge in [-0.05, 0) is 75.1 Å². The quantitative estimate of drug-likeness (QED) is 0.404. The van der Waals surface area contributed by atoms with Crippen molar-refractivity contribution < 1.29 is 23.6 Å². The Bertz CT molecular complexity index is 1320. The first-order valence-corrected chi connectivity index (χ1v) is 13.5. The van der Waals surface area contributed by atoms with E-state index in [9.17, 15) is 14.1 Å². The minimum atomic E-state index is -1.33. The molecule has 37 heavy (non-hydrogen) atoms. The Morgan fingerprint density at radius 2 is 1.78 bits per heavy atom. The van der Waals surface area contributed by atoms with E-state index in [4.69, 9.17) is 14.5 Å². The van der Waals surface area contributed by atoms with Gasteiger partial charge in [0, 0.05) is 24.3 Å². The number of carbonyl (C=O) groups excluding carboxylic acids is 1. The molecule has 1 aliphatic rings. The van der Waals surface area contributed by atoms with Crippen LogP contribution in [0.4, 0.5) is 0 Å². The Morgan fingerprint density at radius 1 is 1.11 bits per heavy atom. The Morgan fingerprint density at radius 3 is 2.43 bits per heavy atom. The summed E-state index contributed by atoms with van der Waals surface area (Å²) in [7, 11) is 0.308. The summed E-state index contributed by atoms with van der Waals surface area (Å²) < 4.78 is 25.6. The molecule has 8 heteroatoms. The molecule has 0 amide bonds. The van der Waals surface area contributed by atoms with E-state index < -0.39 is 21.7 Å². The van der Waals surface area contributed by atoms with Crippen LogP contribution >= 0.6 is 0 Å². The number of ether oxygens (including phenoxy) is 2. The van der Waals surface area contributed by atoms with Gasteiger partial charge >= 0.3 is 5.97 Å². The second-order valence-electron chi connectivity index (χ2n) is 9.93. The van der Waals surface area contributed by atoms with Gasteiger partial charge < -0.3 is 14.6 Å². The van der Waals surface area contributed by atoms with Gasteiger partial charge in [-0.2, -0.15) is 0 Å². The number of methoxy groups -OCH3 is 1. The predicted octanol–water partition coefficient (Wildman–Crippen LogP) is 5.30. The molecule has 1 aromatic heterocycles. The number of aliphatic hydroxyl groups is 1. The van der Waals surface area contributed by atoms with Crippen molar-refractivity contribution in [2.75, 3.05) is 20.3 Å². The van der Waals surface area contributed by atoms with E-state index in [0.29, 0.717) is 18.7 Å². The van der Waals surface area contributed by atoms with Gasteiger partial charge in [0.15, 0.2) is 0 Å². The normalized spacial score (nSPS) is 16.3. The number of fused-ring (bicyclic) bond motifs is 1. The van der Waals surface area contributed by atoms with E-state index in [1.165, 1.54) is 0 Å². The number of nitrogens with zero attached hydrogens (tertiary/aromatic N) is 2. The van der Waals surface area contributed by atoms with Crippen LogP contribution in [0.25, 0.3) is 22.4 Å². The summed E-state index contributed by atoms with van der Waals surface area (Å²) in [5, 5.41) is 9.94. The van der Waals surface area contributed by atoms with Crippen molar-refractivity contribution in [3.05, 3.63) is 71.4 Å². The van der Waals surface area contributed by atoms with Crippen molar-refractivity contribution in [1.29, 1.82) is 0 Å². The minimum absolute atomic E-state index is 0.0646.